The van der Waals surface area contributed by atoms with E-state index in [1.807, 2.05) is 12.1 Å². The van der Waals surface area contributed by atoms with Gasteiger partial charge in [-0.25, -0.2) is 9.37 Å². The topological polar surface area (TPSA) is 42.4 Å². The fourth-order valence-electron chi connectivity index (χ4n) is 2.94. The maximum absolute atomic E-state index is 14.0. The van der Waals surface area contributed by atoms with Gasteiger partial charge in [-0.2, -0.15) is 0 Å². The van der Waals surface area contributed by atoms with Crippen molar-refractivity contribution in [2.75, 3.05) is 6.61 Å². The minimum absolute atomic E-state index is 0.0235. The molecule has 1 heterocycles. The van der Waals surface area contributed by atoms with E-state index in [1.54, 1.807) is 12.3 Å². The van der Waals surface area contributed by atoms with Crippen LogP contribution in [0.3, 0.4) is 0 Å². The van der Waals surface area contributed by atoms with Crippen molar-refractivity contribution in [1.29, 1.82) is 0 Å². The molecule has 0 unspecified atom stereocenters. The van der Waals surface area contributed by atoms with Crippen LogP contribution in [0.1, 0.15) is 44.4 Å². The highest BCUT2D eigenvalue weighted by molar-refractivity contribution is 5.73. The van der Waals surface area contributed by atoms with Crippen LogP contribution in [-0.2, 0) is 6.42 Å². The lowest BCUT2D eigenvalue weighted by atomic mass is 9.96. The Labute approximate surface area is 136 Å². The average molecular weight is 315 g/mol. The molecule has 0 aliphatic heterocycles. The summed E-state index contributed by atoms with van der Waals surface area (Å²) < 4.78 is 19.9. The highest BCUT2D eigenvalue weighted by Gasteiger charge is 2.28. The summed E-state index contributed by atoms with van der Waals surface area (Å²) in [6, 6.07) is 6.96. The molecular weight excluding hydrogens is 293 g/mol. The molecule has 1 aliphatic carbocycles. The SMILES string of the molecule is CC(C)(C)COc1ncccc1-c1ccc(F)c2c1CC[C@@H]2O. The summed E-state index contributed by atoms with van der Waals surface area (Å²) in [6.45, 7) is 6.84. The van der Waals surface area contributed by atoms with E-state index in [0.29, 0.717) is 30.9 Å². The lowest BCUT2D eigenvalue weighted by molar-refractivity contribution is 0.176. The summed E-state index contributed by atoms with van der Waals surface area (Å²) >= 11 is 0. The summed E-state index contributed by atoms with van der Waals surface area (Å²) in [5.41, 5.74) is 3.06. The van der Waals surface area contributed by atoms with E-state index in [-0.39, 0.29) is 11.2 Å². The van der Waals surface area contributed by atoms with Gasteiger partial charge in [0.25, 0.3) is 0 Å². The van der Waals surface area contributed by atoms with E-state index >= 15 is 0 Å². The number of aliphatic hydroxyl groups is 1. The van der Waals surface area contributed by atoms with Crippen LogP contribution in [-0.4, -0.2) is 16.7 Å². The molecule has 0 bridgehead atoms. The number of nitrogens with zero attached hydrogens (tertiary/aromatic N) is 1. The van der Waals surface area contributed by atoms with Crippen LogP contribution in [0.2, 0.25) is 0 Å². The monoisotopic (exact) mass is 315 g/mol. The summed E-state index contributed by atoms with van der Waals surface area (Å²) in [4.78, 5) is 4.35. The van der Waals surface area contributed by atoms with E-state index in [2.05, 4.69) is 25.8 Å². The average Bonchev–Trinajstić information content (AvgIpc) is 2.88. The maximum Gasteiger partial charge on any atom is 0.221 e. The third-order valence-corrected chi connectivity index (χ3v) is 4.01. The van der Waals surface area contributed by atoms with Crippen LogP contribution in [0.25, 0.3) is 11.1 Å². The van der Waals surface area contributed by atoms with Crippen LogP contribution < -0.4 is 4.74 Å². The molecule has 1 atom stereocenters. The van der Waals surface area contributed by atoms with Gasteiger partial charge in [-0.1, -0.05) is 26.8 Å². The van der Waals surface area contributed by atoms with Gasteiger partial charge < -0.3 is 9.84 Å². The predicted octanol–water partition coefficient (Wildman–Crippen LogP) is 4.29. The van der Waals surface area contributed by atoms with Crippen LogP contribution in [0.5, 0.6) is 5.88 Å². The Kier molecular flexibility index (Phi) is 4.11. The molecule has 0 saturated heterocycles. The van der Waals surface area contributed by atoms with E-state index in [4.69, 9.17) is 4.74 Å². The molecule has 23 heavy (non-hydrogen) atoms. The highest BCUT2D eigenvalue weighted by Crippen LogP contribution is 2.41. The van der Waals surface area contributed by atoms with Crippen LogP contribution in [0, 0.1) is 11.2 Å². The van der Waals surface area contributed by atoms with Gasteiger partial charge in [0.15, 0.2) is 0 Å². The van der Waals surface area contributed by atoms with Gasteiger partial charge in [-0.3, -0.25) is 0 Å². The van der Waals surface area contributed by atoms with Crippen molar-refractivity contribution in [3.8, 4) is 17.0 Å². The van der Waals surface area contributed by atoms with Gasteiger partial charge >= 0.3 is 0 Å². The molecule has 0 amide bonds. The second kappa shape index (κ2) is 5.93. The molecule has 2 aromatic rings. The first-order valence-corrected chi connectivity index (χ1v) is 7.94. The van der Waals surface area contributed by atoms with Crippen molar-refractivity contribution in [2.45, 2.75) is 39.7 Å². The van der Waals surface area contributed by atoms with Crippen molar-refractivity contribution in [3.05, 3.63) is 47.4 Å². The van der Waals surface area contributed by atoms with Gasteiger partial charge in [0, 0.05) is 17.3 Å². The summed E-state index contributed by atoms with van der Waals surface area (Å²) in [6.07, 6.45) is 2.19. The lowest BCUT2D eigenvalue weighted by Crippen LogP contribution is -2.17. The molecule has 1 N–H and O–H groups in total. The van der Waals surface area contributed by atoms with Crippen LogP contribution in [0.4, 0.5) is 4.39 Å². The Morgan fingerprint density at radius 3 is 2.78 bits per heavy atom. The second-order valence-corrected chi connectivity index (χ2v) is 7.25. The van der Waals surface area contributed by atoms with Crippen molar-refractivity contribution in [2.24, 2.45) is 5.41 Å². The molecular formula is C19H22FNO2. The van der Waals surface area contributed by atoms with E-state index in [1.165, 1.54) is 6.07 Å². The van der Waals surface area contributed by atoms with Gasteiger partial charge in [-0.05, 0) is 47.6 Å². The quantitative estimate of drug-likeness (QED) is 0.918. The van der Waals surface area contributed by atoms with E-state index in [0.717, 1.165) is 16.7 Å². The normalized spacial score (nSPS) is 17.2. The Hall–Kier alpha value is -1.94. The number of rotatable bonds is 3. The zero-order valence-electron chi connectivity index (χ0n) is 13.8. The molecule has 1 aromatic heterocycles. The molecule has 0 fully saturated rings. The van der Waals surface area contributed by atoms with E-state index < -0.39 is 6.10 Å². The summed E-state index contributed by atoms with van der Waals surface area (Å²) in [7, 11) is 0. The minimum atomic E-state index is -0.722. The Bertz CT molecular complexity index is 722. The van der Waals surface area contributed by atoms with Gasteiger partial charge in [0.05, 0.1) is 12.7 Å². The minimum Gasteiger partial charge on any atom is -0.477 e. The van der Waals surface area contributed by atoms with Crippen molar-refractivity contribution in [1.82, 2.24) is 4.98 Å². The molecule has 4 heteroatoms. The molecule has 1 aromatic carbocycles. The number of ether oxygens (including phenoxy) is 1. The van der Waals surface area contributed by atoms with Crippen LogP contribution >= 0.6 is 0 Å². The first kappa shape index (κ1) is 15.9. The lowest BCUT2D eigenvalue weighted by Gasteiger charge is -2.20. The molecule has 3 nitrogen and oxygen atoms in total. The highest BCUT2D eigenvalue weighted by atomic mass is 19.1. The zero-order valence-corrected chi connectivity index (χ0v) is 13.8. The standard InChI is InChI=1S/C19H22FNO2/c1-19(2,3)11-23-18-14(5-4-10-21-18)12-6-8-15(20)17-13(12)7-9-16(17)22/h4-6,8,10,16,22H,7,9,11H2,1-3H3/t16-/m0/s1. The number of fused-ring (bicyclic) bond motifs is 1. The fourth-order valence-corrected chi connectivity index (χ4v) is 2.94. The molecule has 122 valence electrons. The third kappa shape index (κ3) is 3.22. The smallest absolute Gasteiger partial charge is 0.221 e. The maximum atomic E-state index is 14.0. The summed E-state index contributed by atoms with van der Waals surface area (Å²) in [5.74, 6) is 0.215. The van der Waals surface area contributed by atoms with Crippen molar-refractivity contribution < 1.29 is 14.2 Å². The zero-order chi connectivity index (χ0) is 16.6. The molecule has 0 saturated carbocycles. The number of halogens is 1. The van der Waals surface area contributed by atoms with Crippen LogP contribution in [0.15, 0.2) is 30.5 Å². The Balaban J connectivity index is 2.04. The van der Waals surface area contributed by atoms with E-state index in [9.17, 15) is 9.50 Å². The molecule has 0 radical (unpaired) electrons. The number of aliphatic hydroxyl groups excluding tert-OH is 1. The Morgan fingerprint density at radius 2 is 2.04 bits per heavy atom. The predicted molar refractivity (Wildman–Crippen MR) is 87.9 cm³/mol. The number of aromatic nitrogens is 1. The number of hydrogen-bond donors (Lipinski definition) is 1. The molecule has 0 spiro atoms. The number of benzene rings is 1. The third-order valence-electron chi connectivity index (χ3n) is 4.01. The second-order valence-electron chi connectivity index (χ2n) is 7.25. The van der Waals surface area contributed by atoms with Gasteiger partial charge in [0.1, 0.15) is 5.82 Å². The first-order chi connectivity index (χ1) is 10.9. The largest absolute Gasteiger partial charge is 0.477 e. The van der Waals surface area contributed by atoms with Crippen molar-refractivity contribution in [3.63, 3.8) is 0 Å². The van der Waals surface area contributed by atoms with Crippen molar-refractivity contribution >= 4 is 0 Å². The first-order valence-electron chi connectivity index (χ1n) is 7.94. The van der Waals surface area contributed by atoms with Gasteiger partial charge in [-0.15, -0.1) is 0 Å². The number of pyridine rings is 1. The fraction of sp³-hybridized carbons (Fsp3) is 0.421. The number of hydrogen-bond acceptors (Lipinski definition) is 3. The molecule has 1 aliphatic rings. The summed E-state index contributed by atoms with van der Waals surface area (Å²) in [5, 5.41) is 10.0. The Morgan fingerprint density at radius 1 is 1.26 bits per heavy atom. The molecule has 3 rings (SSSR count). The van der Waals surface area contributed by atoms with Gasteiger partial charge in [0.2, 0.25) is 5.88 Å².